The lowest BCUT2D eigenvalue weighted by Crippen LogP contribution is -2.28. The van der Waals surface area contributed by atoms with Crippen LogP contribution >= 0.6 is 0 Å². The van der Waals surface area contributed by atoms with Gasteiger partial charge in [0.1, 0.15) is 0 Å². The fourth-order valence-electron chi connectivity index (χ4n) is 4.68. The van der Waals surface area contributed by atoms with Gasteiger partial charge in [0.15, 0.2) is 0 Å². The van der Waals surface area contributed by atoms with Crippen molar-refractivity contribution in [2.24, 2.45) is 11.8 Å². The Balaban J connectivity index is 1.01. The molecule has 2 aliphatic heterocycles. The Morgan fingerprint density at radius 2 is 1.26 bits per heavy atom. The minimum absolute atomic E-state index is 0.000623. The quantitative estimate of drug-likeness (QED) is 0.366. The van der Waals surface area contributed by atoms with E-state index in [-0.39, 0.29) is 47.2 Å². The van der Waals surface area contributed by atoms with Gasteiger partial charge in [-0.3, -0.25) is 9.59 Å². The van der Waals surface area contributed by atoms with Gasteiger partial charge in [-0.15, -0.1) is 0 Å². The lowest BCUT2D eigenvalue weighted by Gasteiger charge is -2.21. The van der Waals surface area contributed by atoms with Crippen molar-refractivity contribution in [3.63, 3.8) is 0 Å². The van der Waals surface area contributed by atoms with Crippen molar-refractivity contribution in [3.05, 3.63) is 0 Å². The van der Waals surface area contributed by atoms with E-state index in [0.29, 0.717) is 13.2 Å². The highest BCUT2D eigenvalue weighted by molar-refractivity contribution is 5.73. The van der Waals surface area contributed by atoms with E-state index in [4.69, 9.17) is 18.9 Å². The molecule has 0 amide bonds. The van der Waals surface area contributed by atoms with Crippen molar-refractivity contribution < 1.29 is 28.5 Å². The molecule has 0 bridgehead atoms. The number of esters is 2. The average Bonchev–Trinajstić information content (AvgIpc) is 3.51. The molecule has 4 rings (SSSR count). The highest BCUT2D eigenvalue weighted by Gasteiger charge is 2.57. The van der Waals surface area contributed by atoms with Crippen LogP contribution in [0.25, 0.3) is 0 Å². The molecule has 0 N–H and O–H groups in total. The summed E-state index contributed by atoms with van der Waals surface area (Å²) in [5.74, 6) is -0.158. The van der Waals surface area contributed by atoms with Gasteiger partial charge in [-0.25, -0.2) is 0 Å². The summed E-state index contributed by atoms with van der Waals surface area (Å²) in [6, 6.07) is 0. The molecule has 4 aliphatic rings. The maximum Gasteiger partial charge on any atom is 0.309 e. The van der Waals surface area contributed by atoms with E-state index < -0.39 is 0 Å². The first kappa shape index (κ1) is 19.2. The smallest absolute Gasteiger partial charge is 0.309 e. The molecule has 152 valence electrons. The predicted octanol–water partition coefficient (Wildman–Crippen LogP) is 3.16. The minimum Gasteiger partial charge on any atom is -0.465 e. The zero-order chi connectivity index (χ0) is 19.1. The number of hydrogen-bond acceptors (Lipinski definition) is 6. The number of hydrogen-bond donors (Lipinski definition) is 0. The van der Waals surface area contributed by atoms with Crippen molar-refractivity contribution >= 4 is 11.9 Å². The third-order valence-electron chi connectivity index (χ3n) is 6.99. The highest BCUT2D eigenvalue weighted by atomic mass is 16.6. The van der Waals surface area contributed by atoms with Crippen LogP contribution in [0, 0.1) is 11.8 Å². The van der Waals surface area contributed by atoms with Crippen LogP contribution in [-0.4, -0.2) is 48.6 Å². The van der Waals surface area contributed by atoms with Gasteiger partial charge in [-0.05, 0) is 71.6 Å². The van der Waals surface area contributed by atoms with Gasteiger partial charge in [0.05, 0.1) is 48.5 Å². The summed E-state index contributed by atoms with van der Waals surface area (Å²) in [6.45, 7) is 5.15. The topological polar surface area (TPSA) is 77.7 Å². The summed E-state index contributed by atoms with van der Waals surface area (Å²) in [6.07, 6.45) is 8.27. The first-order valence-corrected chi connectivity index (χ1v) is 10.6. The zero-order valence-corrected chi connectivity index (χ0v) is 16.5. The SMILES string of the molecule is CC12CCC(C(=O)OCCCCCOC(=O)C3CCC4(C)OC4C3)CC1O2. The second-order valence-electron chi connectivity index (χ2n) is 9.18. The van der Waals surface area contributed by atoms with Gasteiger partial charge in [-0.1, -0.05) is 0 Å². The minimum atomic E-state index is -0.0782. The van der Waals surface area contributed by atoms with Crippen LogP contribution < -0.4 is 0 Å². The van der Waals surface area contributed by atoms with Crippen LogP contribution in [0.4, 0.5) is 0 Å². The molecular formula is C21H32O6. The Labute approximate surface area is 161 Å². The Morgan fingerprint density at radius 3 is 1.67 bits per heavy atom. The van der Waals surface area contributed by atoms with E-state index >= 15 is 0 Å². The highest BCUT2D eigenvalue weighted by Crippen LogP contribution is 2.50. The number of epoxide rings is 2. The first-order chi connectivity index (χ1) is 12.9. The molecule has 0 aromatic carbocycles. The van der Waals surface area contributed by atoms with Gasteiger partial charge < -0.3 is 18.9 Å². The molecule has 27 heavy (non-hydrogen) atoms. The number of unbranched alkanes of at least 4 members (excludes halogenated alkanes) is 2. The molecule has 0 radical (unpaired) electrons. The molecule has 2 heterocycles. The van der Waals surface area contributed by atoms with Gasteiger partial charge in [-0.2, -0.15) is 0 Å². The lowest BCUT2D eigenvalue weighted by molar-refractivity contribution is -0.149. The monoisotopic (exact) mass is 380 g/mol. The van der Waals surface area contributed by atoms with Crippen LogP contribution in [0.2, 0.25) is 0 Å². The number of ether oxygens (including phenoxy) is 4. The molecule has 0 spiro atoms. The van der Waals surface area contributed by atoms with E-state index in [1.807, 2.05) is 0 Å². The van der Waals surface area contributed by atoms with Gasteiger partial charge in [0.2, 0.25) is 0 Å². The van der Waals surface area contributed by atoms with E-state index in [9.17, 15) is 9.59 Å². The van der Waals surface area contributed by atoms with E-state index in [1.165, 1.54) is 0 Å². The van der Waals surface area contributed by atoms with Crippen molar-refractivity contribution in [3.8, 4) is 0 Å². The number of fused-ring (bicyclic) bond motifs is 2. The number of rotatable bonds is 8. The molecule has 2 aliphatic carbocycles. The van der Waals surface area contributed by atoms with Gasteiger partial charge in [0.25, 0.3) is 0 Å². The van der Waals surface area contributed by atoms with E-state index in [2.05, 4.69) is 13.8 Å². The second kappa shape index (κ2) is 7.36. The third-order valence-corrected chi connectivity index (χ3v) is 6.99. The van der Waals surface area contributed by atoms with Crippen molar-refractivity contribution in [1.29, 1.82) is 0 Å². The Morgan fingerprint density at radius 1 is 0.815 bits per heavy atom. The van der Waals surface area contributed by atoms with Crippen LogP contribution in [0.15, 0.2) is 0 Å². The summed E-state index contributed by atoms with van der Waals surface area (Å²) in [4.78, 5) is 24.2. The number of carbonyl (C=O) groups is 2. The normalized spacial score (nSPS) is 41.9. The molecule has 0 aromatic rings. The molecule has 6 heteroatoms. The second-order valence-corrected chi connectivity index (χ2v) is 9.18. The summed E-state index contributed by atoms with van der Waals surface area (Å²) >= 11 is 0. The predicted molar refractivity (Wildman–Crippen MR) is 97.0 cm³/mol. The molecule has 4 fully saturated rings. The molecule has 6 unspecified atom stereocenters. The molecule has 0 aromatic heterocycles. The summed E-state index contributed by atoms with van der Waals surface area (Å²) < 4.78 is 22.1. The molecule has 6 nitrogen and oxygen atoms in total. The maximum atomic E-state index is 12.1. The molecular weight excluding hydrogens is 348 g/mol. The maximum absolute atomic E-state index is 12.1. The Kier molecular flexibility index (Phi) is 5.23. The van der Waals surface area contributed by atoms with Crippen LogP contribution in [-0.2, 0) is 28.5 Å². The van der Waals surface area contributed by atoms with Gasteiger partial charge >= 0.3 is 11.9 Å². The fraction of sp³-hybridized carbons (Fsp3) is 0.905. The third kappa shape index (κ3) is 4.32. The average molecular weight is 380 g/mol. The molecule has 2 saturated heterocycles. The van der Waals surface area contributed by atoms with E-state index in [0.717, 1.165) is 57.8 Å². The molecule has 2 saturated carbocycles. The van der Waals surface area contributed by atoms with Crippen molar-refractivity contribution in [2.45, 2.75) is 95.0 Å². The van der Waals surface area contributed by atoms with Crippen LogP contribution in [0.5, 0.6) is 0 Å². The number of carbonyl (C=O) groups excluding carboxylic acids is 2. The van der Waals surface area contributed by atoms with Crippen molar-refractivity contribution in [1.82, 2.24) is 0 Å². The van der Waals surface area contributed by atoms with E-state index in [1.54, 1.807) is 0 Å². The fourth-order valence-corrected chi connectivity index (χ4v) is 4.68. The largest absolute Gasteiger partial charge is 0.465 e. The summed E-state index contributed by atoms with van der Waals surface area (Å²) in [5.41, 5.74) is 0.0778. The van der Waals surface area contributed by atoms with Gasteiger partial charge in [0, 0.05) is 0 Å². The lowest BCUT2D eigenvalue weighted by atomic mass is 9.83. The summed E-state index contributed by atoms with van der Waals surface area (Å²) in [5, 5.41) is 0. The zero-order valence-electron chi connectivity index (χ0n) is 16.5. The Hall–Kier alpha value is -1.14. The van der Waals surface area contributed by atoms with Crippen molar-refractivity contribution in [2.75, 3.05) is 13.2 Å². The Bertz CT molecular complexity index is 541. The van der Waals surface area contributed by atoms with Crippen LogP contribution in [0.3, 0.4) is 0 Å². The standard InChI is InChI=1S/C21H32O6/c1-20-8-6-14(12-16(20)26-20)18(22)24-10-4-3-5-11-25-19(23)15-7-9-21(2)17(13-15)27-21/h14-17H,3-13H2,1-2H3. The molecule has 6 atom stereocenters. The summed E-state index contributed by atoms with van der Waals surface area (Å²) in [7, 11) is 0. The van der Waals surface area contributed by atoms with Crippen LogP contribution in [0.1, 0.15) is 71.6 Å². The first-order valence-electron chi connectivity index (χ1n) is 10.6.